The van der Waals surface area contributed by atoms with Gasteiger partial charge in [-0.2, -0.15) is 0 Å². The van der Waals surface area contributed by atoms with E-state index in [9.17, 15) is 4.79 Å². The normalized spacial score (nSPS) is 12.3. The Kier molecular flexibility index (Phi) is 3.77. The molecule has 0 bridgehead atoms. The van der Waals surface area contributed by atoms with Gasteiger partial charge in [-0.05, 0) is 13.8 Å². The second-order valence-electron chi connectivity index (χ2n) is 2.58. The molecule has 0 spiro atoms. The van der Waals surface area contributed by atoms with Crippen molar-refractivity contribution in [3.05, 3.63) is 12.2 Å². The number of hydrogen-bond acceptors (Lipinski definition) is 2. The van der Waals surface area contributed by atoms with E-state index in [1.54, 1.807) is 0 Å². The molecule has 58 valence electrons. The zero-order chi connectivity index (χ0) is 8.15. The summed E-state index contributed by atoms with van der Waals surface area (Å²) in [6, 6.07) is 0. The summed E-state index contributed by atoms with van der Waals surface area (Å²) in [4.78, 5) is 10.4. The summed E-state index contributed by atoms with van der Waals surface area (Å²) in [5.41, 5.74) is 1.04. The molecule has 0 aliphatic rings. The maximum Gasteiger partial charge on any atom is 0.302 e. The third kappa shape index (κ3) is 5.35. The number of rotatable bonds is 3. The van der Waals surface area contributed by atoms with Gasteiger partial charge in [0.05, 0.1) is 0 Å². The molecule has 0 aromatic heterocycles. The second kappa shape index (κ2) is 4.09. The van der Waals surface area contributed by atoms with E-state index in [0.29, 0.717) is 0 Å². The molecule has 0 aromatic rings. The molecular formula is C8H14O2. The van der Waals surface area contributed by atoms with Crippen LogP contribution >= 0.6 is 0 Å². The number of esters is 1. The Morgan fingerprint density at radius 2 is 2.10 bits per heavy atom. The molecule has 0 saturated carbocycles. The van der Waals surface area contributed by atoms with Crippen LogP contribution in [0.4, 0.5) is 0 Å². The highest BCUT2D eigenvalue weighted by Gasteiger charge is 2.03. The fraction of sp³-hybridized carbons (Fsp3) is 0.625. The van der Waals surface area contributed by atoms with Crippen LogP contribution in [0.25, 0.3) is 0 Å². The average molecular weight is 142 g/mol. The molecule has 0 rings (SSSR count). The Hall–Kier alpha value is -0.790. The third-order valence-electron chi connectivity index (χ3n) is 1.00. The quantitative estimate of drug-likeness (QED) is 0.444. The highest BCUT2D eigenvalue weighted by atomic mass is 16.5. The number of carbonyl (C=O) groups is 1. The molecule has 0 radical (unpaired) electrons. The molecule has 0 aliphatic heterocycles. The lowest BCUT2D eigenvalue weighted by atomic mass is 10.2. The largest absolute Gasteiger partial charge is 0.463 e. The lowest BCUT2D eigenvalue weighted by molar-refractivity contribution is -0.145. The van der Waals surface area contributed by atoms with E-state index in [2.05, 4.69) is 6.58 Å². The van der Waals surface area contributed by atoms with Crippen LogP contribution in [-0.2, 0) is 9.53 Å². The minimum Gasteiger partial charge on any atom is -0.463 e. The fourth-order valence-corrected chi connectivity index (χ4v) is 0.816. The Labute approximate surface area is 61.9 Å². The zero-order valence-corrected chi connectivity index (χ0v) is 6.81. The molecule has 0 aliphatic carbocycles. The van der Waals surface area contributed by atoms with E-state index in [1.165, 1.54) is 6.92 Å². The SMILES string of the molecule is C=C(C)CC(C)OC(C)=O. The first-order valence-electron chi connectivity index (χ1n) is 3.34. The molecular weight excluding hydrogens is 128 g/mol. The summed E-state index contributed by atoms with van der Waals surface area (Å²) < 4.78 is 4.86. The molecule has 2 nitrogen and oxygen atoms in total. The molecule has 0 saturated heterocycles. The van der Waals surface area contributed by atoms with Gasteiger partial charge in [-0.25, -0.2) is 0 Å². The summed E-state index contributed by atoms with van der Waals surface area (Å²) in [5, 5.41) is 0. The van der Waals surface area contributed by atoms with Crippen LogP contribution in [0.2, 0.25) is 0 Å². The molecule has 0 N–H and O–H groups in total. The maximum absolute atomic E-state index is 10.4. The molecule has 10 heavy (non-hydrogen) atoms. The summed E-state index contributed by atoms with van der Waals surface area (Å²) in [6.07, 6.45) is 0.717. The minimum absolute atomic E-state index is 0.0324. The average Bonchev–Trinajstić information content (AvgIpc) is 1.58. The van der Waals surface area contributed by atoms with Crippen molar-refractivity contribution in [3.63, 3.8) is 0 Å². The van der Waals surface area contributed by atoms with Crippen molar-refractivity contribution in [2.24, 2.45) is 0 Å². The lowest BCUT2D eigenvalue weighted by Crippen LogP contribution is -2.11. The van der Waals surface area contributed by atoms with Gasteiger partial charge in [0.1, 0.15) is 6.10 Å². The molecule has 0 heterocycles. The van der Waals surface area contributed by atoms with Crippen LogP contribution in [0.15, 0.2) is 12.2 Å². The van der Waals surface area contributed by atoms with Gasteiger partial charge in [0.15, 0.2) is 0 Å². The van der Waals surface area contributed by atoms with Crippen molar-refractivity contribution in [2.45, 2.75) is 33.3 Å². The Balaban J connectivity index is 3.53. The highest BCUT2D eigenvalue weighted by molar-refractivity contribution is 5.66. The van der Waals surface area contributed by atoms with Crippen molar-refractivity contribution in [3.8, 4) is 0 Å². The van der Waals surface area contributed by atoms with Gasteiger partial charge in [-0.1, -0.05) is 5.57 Å². The van der Waals surface area contributed by atoms with Crippen LogP contribution < -0.4 is 0 Å². The molecule has 0 aromatic carbocycles. The van der Waals surface area contributed by atoms with Gasteiger partial charge in [0.25, 0.3) is 0 Å². The van der Waals surface area contributed by atoms with Crippen molar-refractivity contribution >= 4 is 5.97 Å². The molecule has 1 atom stereocenters. The maximum atomic E-state index is 10.4. The smallest absolute Gasteiger partial charge is 0.302 e. The van der Waals surface area contributed by atoms with E-state index >= 15 is 0 Å². The summed E-state index contributed by atoms with van der Waals surface area (Å²) >= 11 is 0. The van der Waals surface area contributed by atoms with E-state index in [0.717, 1.165) is 12.0 Å². The predicted molar refractivity (Wildman–Crippen MR) is 40.7 cm³/mol. The Morgan fingerprint density at radius 1 is 1.60 bits per heavy atom. The van der Waals surface area contributed by atoms with Gasteiger partial charge >= 0.3 is 5.97 Å². The number of hydrogen-bond donors (Lipinski definition) is 0. The second-order valence-corrected chi connectivity index (χ2v) is 2.58. The van der Waals surface area contributed by atoms with Crippen molar-refractivity contribution in [2.75, 3.05) is 0 Å². The van der Waals surface area contributed by atoms with Crippen LogP contribution in [0.3, 0.4) is 0 Å². The third-order valence-corrected chi connectivity index (χ3v) is 1.00. The zero-order valence-electron chi connectivity index (χ0n) is 6.81. The van der Waals surface area contributed by atoms with Crippen molar-refractivity contribution in [1.82, 2.24) is 0 Å². The van der Waals surface area contributed by atoms with Crippen LogP contribution in [-0.4, -0.2) is 12.1 Å². The minimum atomic E-state index is -0.228. The number of carbonyl (C=O) groups excluding carboxylic acids is 1. The van der Waals surface area contributed by atoms with Gasteiger partial charge in [0.2, 0.25) is 0 Å². The van der Waals surface area contributed by atoms with E-state index in [1.807, 2.05) is 13.8 Å². The first-order valence-corrected chi connectivity index (χ1v) is 3.34. The summed E-state index contributed by atoms with van der Waals surface area (Å²) in [6.45, 7) is 8.90. The first-order chi connectivity index (χ1) is 4.52. The van der Waals surface area contributed by atoms with Crippen LogP contribution in [0, 0.1) is 0 Å². The van der Waals surface area contributed by atoms with Crippen LogP contribution in [0.5, 0.6) is 0 Å². The molecule has 1 unspecified atom stereocenters. The molecule has 0 fully saturated rings. The predicted octanol–water partition coefficient (Wildman–Crippen LogP) is 1.90. The van der Waals surface area contributed by atoms with E-state index in [4.69, 9.17) is 4.74 Å². The highest BCUT2D eigenvalue weighted by Crippen LogP contribution is 2.04. The van der Waals surface area contributed by atoms with Gasteiger partial charge < -0.3 is 4.74 Å². The number of ether oxygens (including phenoxy) is 1. The molecule has 2 heteroatoms. The Bertz CT molecular complexity index is 122. The van der Waals surface area contributed by atoms with E-state index in [-0.39, 0.29) is 12.1 Å². The Morgan fingerprint density at radius 3 is 2.40 bits per heavy atom. The van der Waals surface area contributed by atoms with Gasteiger partial charge in [-0.15, -0.1) is 6.58 Å². The van der Waals surface area contributed by atoms with Crippen molar-refractivity contribution < 1.29 is 9.53 Å². The standard InChI is InChI=1S/C8H14O2/c1-6(2)5-7(3)10-8(4)9/h7H,1,5H2,2-4H3. The van der Waals surface area contributed by atoms with Gasteiger partial charge in [0, 0.05) is 13.3 Å². The first kappa shape index (κ1) is 9.21. The fourth-order valence-electron chi connectivity index (χ4n) is 0.816. The van der Waals surface area contributed by atoms with Gasteiger partial charge in [-0.3, -0.25) is 4.79 Å². The van der Waals surface area contributed by atoms with Crippen LogP contribution in [0.1, 0.15) is 27.2 Å². The summed E-state index contributed by atoms with van der Waals surface area (Å²) in [5.74, 6) is -0.228. The lowest BCUT2D eigenvalue weighted by Gasteiger charge is -2.10. The molecule has 0 amide bonds. The monoisotopic (exact) mass is 142 g/mol. The van der Waals surface area contributed by atoms with E-state index < -0.39 is 0 Å². The summed E-state index contributed by atoms with van der Waals surface area (Å²) in [7, 11) is 0. The van der Waals surface area contributed by atoms with Crippen molar-refractivity contribution in [1.29, 1.82) is 0 Å². The topological polar surface area (TPSA) is 26.3 Å².